The standard InChI is InChI=1S/C24H28N2O5S/c1-4-13-24(23(29)31-6-3)19-18(20(25-24)17-8-7-14-32-17)21(27)26(22(19)28)15-9-11-16(12-10-15)30-5-2/h7-12,14,18-20,25H,4-6,13H2,1-3H3/t18-,19+,20+,24-/m0/s1. The van der Waals surface area contributed by atoms with Crippen molar-refractivity contribution < 1.29 is 23.9 Å². The van der Waals surface area contributed by atoms with Gasteiger partial charge in [-0.15, -0.1) is 11.3 Å². The third-order valence-corrected chi connectivity index (χ3v) is 7.15. The van der Waals surface area contributed by atoms with Gasteiger partial charge in [-0.05, 0) is 56.0 Å². The average molecular weight is 457 g/mol. The largest absolute Gasteiger partial charge is 0.494 e. The fourth-order valence-corrected chi connectivity index (χ4v) is 5.82. The molecule has 2 aliphatic heterocycles. The van der Waals surface area contributed by atoms with E-state index in [0.717, 1.165) is 4.88 Å². The van der Waals surface area contributed by atoms with Crippen molar-refractivity contribution in [2.45, 2.75) is 45.2 Å². The lowest BCUT2D eigenvalue weighted by Crippen LogP contribution is -2.56. The van der Waals surface area contributed by atoms with Crippen LogP contribution in [-0.4, -0.2) is 36.5 Å². The molecule has 2 saturated heterocycles. The van der Waals surface area contributed by atoms with Crippen molar-refractivity contribution in [2.24, 2.45) is 11.8 Å². The number of esters is 1. The number of thiophene rings is 1. The second-order valence-electron chi connectivity index (χ2n) is 8.02. The summed E-state index contributed by atoms with van der Waals surface area (Å²) in [4.78, 5) is 42.8. The predicted molar refractivity (Wildman–Crippen MR) is 122 cm³/mol. The Kier molecular flexibility index (Phi) is 6.35. The van der Waals surface area contributed by atoms with Crippen molar-refractivity contribution in [1.29, 1.82) is 0 Å². The van der Waals surface area contributed by atoms with Gasteiger partial charge in [0, 0.05) is 4.88 Å². The van der Waals surface area contributed by atoms with Crippen LogP contribution >= 0.6 is 11.3 Å². The zero-order valence-corrected chi connectivity index (χ0v) is 19.3. The summed E-state index contributed by atoms with van der Waals surface area (Å²) in [5.74, 6) is -1.96. The maximum atomic E-state index is 13.8. The van der Waals surface area contributed by atoms with Crippen LogP contribution in [0.5, 0.6) is 5.75 Å². The van der Waals surface area contributed by atoms with Crippen molar-refractivity contribution in [3.8, 4) is 5.75 Å². The summed E-state index contributed by atoms with van der Waals surface area (Å²) in [6.45, 7) is 6.33. The van der Waals surface area contributed by atoms with Crippen LogP contribution in [0.4, 0.5) is 5.69 Å². The highest BCUT2D eigenvalue weighted by atomic mass is 32.1. The number of benzene rings is 1. The molecule has 0 unspecified atom stereocenters. The molecule has 3 heterocycles. The number of fused-ring (bicyclic) bond motifs is 1. The van der Waals surface area contributed by atoms with E-state index in [2.05, 4.69) is 5.32 Å². The van der Waals surface area contributed by atoms with Gasteiger partial charge in [0.2, 0.25) is 11.8 Å². The maximum absolute atomic E-state index is 13.8. The molecule has 32 heavy (non-hydrogen) atoms. The third-order valence-electron chi connectivity index (χ3n) is 6.19. The minimum absolute atomic E-state index is 0.206. The number of ether oxygens (including phenoxy) is 2. The van der Waals surface area contributed by atoms with Gasteiger partial charge < -0.3 is 9.47 Å². The first-order chi connectivity index (χ1) is 15.5. The summed E-state index contributed by atoms with van der Waals surface area (Å²) < 4.78 is 10.9. The molecule has 8 heteroatoms. The smallest absolute Gasteiger partial charge is 0.327 e. The first-order valence-electron chi connectivity index (χ1n) is 11.1. The Morgan fingerprint density at radius 3 is 2.44 bits per heavy atom. The quantitative estimate of drug-likeness (QED) is 0.482. The fourth-order valence-electron chi connectivity index (χ4n) is 5.00. The van der Waals surface area contributed by atoms with Crippen molar-refractivity contribution in [2.75, 3.05) is 18.1 Å². The van der Waals surface area contributed by atoms with Crippen LogP contribution in [0.25, 0.3) is 0 Å². The molecule has 2 aromatic rings. The summed E-state index contributed by atoms with van der Waals surface area (Å²) in [6.07, 6.45) is 1.07. The molecule has 1 aromatic heterocycles. The van der Waals surface area contributed by atoms with E-state index in [1.807, 2.05) is 31.4 Å². The molecule has 0 bridgehead atoms. The molecule has 4 atom stereocenters. The van der Waals surface area contributed by atoms with Crippen LogP contribution in [0.15, 0.2) is 41.8 Å². The zero-order chi connectivity index (χ0) is 22.9. The summed E-state index contributed by atoms with van der Waals surface area (Å²) in [5.41, 5.74) is -0.756. The molecule has 0 spiro atoms. The van der Waals surface area contributed by atoms with Crippen LogP contribution in [0, 0.1) is 11.8 Å². The average Bonchev–Trinajstić information content (AvgIpc) is 3.47. The second kappa shape index (κ2) is 9.03. The molecular formula is C24H28N2O5S. The molecular weight excluding hydrogens is 428 g/mol. The van der Waals surface area contributed by atoms with Crippen LogP contribution in [0.3, 0.4) is 0 Å². The molecule has 2 amide bonds. The van der Waals surface area contributed by atoms with Crippen molar-refractivity contribution in [3.63, 3.8) is 0 Å². The van der Waals surface area contributed by atoms with Gasteiger partial charge >= 0.3 is 5.97 Å². The fraction of sp³-hybridized carbons (Fsp3) is 0.458. The lowest BCUT2D eigenvalue weighted by Gasteiger charge is -2.32. The molecule has 0 radical (unpaired) electrons. The van der Waals surface area contributed by atoms with E-state index in [9.17, 15) is 14.4 Å². The van der Waals surface area contributed by atoms with E-state index in [1.165, 1.54) is 16.2 Å². The molecule has 1 aromatic carbocycles. The van der Waals surface area contributed by atoms with Crippen molar-refractivity contribution in [3.05, 3.63) is 46.7 Å². The summed E-state index contributed by atoms with van der Waals surface area (Å²) >= 11 is 1.51. The van der Waals surface area contributed by atoms with Crippen LogP contribution in [0.2, 0.25) is 0 Å². The first-order valence-corrected chi connectivity index (χ1v) is 11.9. The zero-order valence-electron chi connectivity index (χ0n) is 18.5. The Hall–Kier alpha value is -2.71. The molecule has 2 aliphatic rings. The predicted octanol–water partition coefficient (Wildman–Crippen LogP) is 3.70. The minimum Gasteiger partial charge on any atom is -0.494 e. The first kappa shape index (κ1) is 22.5. The summed E-state index contributed by atoms with van der Waals surface area (Å²) in [5, 5.41) is 5.33. The lowest BCUT2D eigenvalue weighted by atomic mass is 9.77. The van der Waals surface area contributed by atoms with E-state index in [1.54, 1.807) is 31.2 Å². The Balaban J connectivity index is 1.79. The number of amides is 2. The Morgan fingerprint density at radius 2 is 1.84 bits per heavy atom. The van der Waals surface area contributed by atoms with Crippen LogP contribution < -0.4 is 15.0 Å². The van der Waals surface area contributed by atoms with E-state index < -0.39 is 29.4 Å². The van der Waals surface area contributed by atoms with Gasteiger partial charge in [-0.25, -0.2) is 4.90 Å². The normalized spacial score (nSPS) is 27.0. The number of carbonyl (C=O) groups excluding carboxylic acids is 3. The van der Waals surface area contributed by atoms with Gasteiger partial charge in [0.1, 0.15) is 11.3 Å². The van der Waals surface area contributed by atoms with Crippen LogP contribution in [-0.2, 0) is 19.1 Å². The van der Waals surface area contributed by atoms with E-state index in [0.29, 0.717) is 30.9 Å². The molecule has 170 valence electrons. The Labute approximate surface area is 191 Å². The third kappa shape index (κ3) is 3.51. The molecule has 0 saturated carbocycles. The van der Waals surface area contributed by atoms with Gasteiger partial charge in [0.05, 0.1) is 36.8 Å². The number of nitrogens with one attached hydrogen (secondary N) is 1. The highest BCUT2D eigenvalue weighted by Crippen LogP contribution is 2.52. The van der Waals surface area contributed by atoms with E-state index in [-0.39, 0.29) is 18.4 Å². The minimum atomic E-state index is -1.24. The van der Waals surface area contributed by atoms with E-state index >= 15 is 0 Å². The monoisotopic (exact) mass is 456 g/mol. The molecule has 2 fully saturated rings. The number of hydrogen-bond donors (Lipinski definition) is 1. The molecule has 4 rings (SSSR count). The van der Waals surface area contributed by atoms with Gasteiger partial charge in [-0.2, -0.15) is 0 Å². The SMILES string of the molecule is CCC[C@]1(C(=O)OCC)N[C@H](c2cccs2)[C@H]2C(=O)N(c3ccc(OCC)cc3)C(=O)[C@@H]21. The number of carbonyl (C=O) groups is 3. The molecule has 7 nitrogen and oxygen atoms in total. The van der Waals surface area contributed by atoms with Crippen LogP contribution in [0.1, 0.15) is 44.5 Å². The van der Waals surface area contributed by atoms with Crippen molar-refractivity contribution >= 4 is 34.8 Å². The number of imide groups is 1. The summed E-state index contributed by atoms with van der Waals surface area (Å²) in [6, 6.07) is 10.3. The topological polar surface area (TPSA) is 84.9 Å². The number of anilines is 1. The molecule has 1 N–H and O–H groups in total. The van der Waals surface area contributed by atoms with Gasteiger partial charge in [0.25, 0.3) is 0 Å². The van der Waals surface area contributed by atoms with Gasteiger partial charge in [-0.1, -0.05) is 19.4 Å². The Bertz CT molecular complexity index is 990. The number of hydrogen-bond acceptors (Lipinski definition) is 7. The lowest BCUT2D eigenvalue weighted by molar-refractivity contribution is -0.155. The Morgan fingerprint density at radius 1 is 1.09 bits per heavy atom. The van der Waals surface area contributed by atoms with Gasteiger partial charge in [0.15, 0.2) is 0 Å². The number of rotatable bonds is 8. The summed E-state index contributed by atoms with van der Waals surface area (Å²) in [7, 11) is 0. The van der Waals surface area contributed by atoms with E-state index in [4.69, 9.17) is 9.47 Å². The number of nitrogens with zero attached hydrogens (tertiary/aromatic N) is 1. The van der Waals surface area contributed by atoms with Gasteiger partial charge in [-0.3, -0.25) is 19.7 Å². The second-order valence-corrected chi connectivity index (χ2v) is 9.00. The molecule has 0 aliphatic carbocycles. The highest BCUT2D eigenvalue weighted by molar-refractivity contribution is 7.10. The maximum Gasteiger partial charge on any atom is 0.327 e. The highest BCUT2D eigenvalue weighted by Gasteiger charge is 2.68. The van der Waals surface area contributed by atoms with Crippen molar-refractivity contribution in [1.82, 2.24) is 5.32 Å².